The molecule has 47 heavy (non-hydrogen) atoms. The molecule has 1 aliphatic heterocycles. The lowest BCUT2D eigenvalue weighted by molar-refractivity contribution is -0.120. The lowest BCUT2D eigenvalue weighted by Gasteiger charge is -2.31. The van der Waals surface area contributed by atoms with Crippen molar-refractivity contribution in [3.63, 3.8) is 0 Å². The Morgan fingerprint density at radius 1 is 1.15 bits per heavy atom. The molecule has 0 saturated carbocycles. The fraction of sp³-hybridized carbons (Fsp3) is 0.500. The average Bonchev–Trinajstić information content (AvgIpc) is 3.71. The molecule has 1 unspecified atom stereocenters. The summed E-state index contributed by atoms with van der Waals surface area (Å²) in [6.45, 7) is 8.49. The number of methoxy groups -OCH3 is 1. The number of aryl methyl sites for hydroxylation is 1. The van der Waals surface area contributed by atoms with Crippen molar-refractivity contribution >= 4 is 34.7 Å². The molecule has 4 heterocycles. The van der Waals surface area contributed by atoms with Crippen LogP contribution in [0.25, 0.3) is 21.0 Å². The van der Waals surface area contributed by atoms with Gasteiger partial charge in [-0.15, -0.1) is 11.3 Å². The van der Waals surface area contributed by atoms with E-state index in [0.29, 0.717) is 52.6 Å². The van der Waals surface area contributed by atoms with Crippen LogP contribution < -0.4 is 16.0 Å². The lowest BCUT2D eigenvalue weighted by Crippen LogP contribution is -2.53. The number of oxazole rings is 1. The molecule has 254 valence electrons. The van der Waals surface area contributed by atoms with Crippen molar-refractivity contribution in [2.75, 3.05) is 33.5 Å². The van der Waals surface area contributed by atoms with E-state index in [4.69, 9.17) is 27.7 Å². The molecule has 1 saturated heterocycles. The Balaban J connectivity index is 1.77. The summed E-state index contributed by atoms with van der Waals surface area (Å²) >= 11 is 1.18. The summed E-state index contributed by atoms with van der Waals surface area (Å²) in [5.74, 6) is 0.843. The number of fused-ring (bicyclic) bond motifs is 1. The zero-order chi connectivity index (χ0) is 33.9. The number of para-hydroxylation sites is 1. The minimum atomic E-state index is -4.39. The summed E-state index contributed by atoms with van der Waals surface area (Å²) < 4.78 is 50.1. The number of hydrogen-bond acceptors (Lipinski definition) is 12. The highest BCUT2D eigenvalue weighted by atomic mass is 32.1. The number of carbonyl (C=O) groups is 1. The van der Waals surface area contributed by atoms with E-state index in [2.05, 4.69) is 4.98 Å². The normalized spacial score (nSPS) is 15.3. The highest BCUT2D eigenvalue weighted by Gasteiger charge is 2.48. The summed E-state index contributed by atoms with van der Waals surface area (Å²) in [6.07, 6.45) is 3.37. The highest BCUT2D eigenvalue weighted by Crippen LogP contribution is 2.53. The molecule has 4 aromatic rings. The van der Waals surface area contributed by atoms with Gasteiger partial charge in [0.25, 0.3) is 11.1 Å². The van der Waals surface area contributed by atoms with Crippen LogP contribution >= 0.6 is 18.9 Å². The number of thiophene rings is 1. The van der Waals surface area contributed by atoms with Crippen LogP contribution in [-0.4, -0.2) is 59.3 Å². The van der Waals surface area contributed by atoms with Crippen LogP contribution in [0.1, 0.15) is 57.8 Å². The first-order chi connectivity index (χ1) is 22.5. The van der Waals surface area contributed by atoms with E-state index in [-0.39, 0.29) is 37.1 Å². The van der Waals surface area contributed by atoms with E-state index < -0.39 is 36.0 Å². The number of aromatic nitrogens is 3. The quantitative estimate of drug-likeness (QED) is 0.151. The second-order valence-corrected chi connectivity index (χ2v) is 14.4. The minimum absolute atomic E-state index is 0.0445. The van der Waals surface area contributed by atoms with Crippen molar-refractivity contribution in [1.29, 1.82) is 0 Å². The number of rotatable bonds is 14. The summed E-state index contributed by atoms with van der Waals surface area (Å²) in [4.78, 5) is 48.2. The van der Waals surface area contributed by atoms with Crippen LogP contribution in [0.15, 0.2) is 50.7 Å². The third-order valence-electron chi connectivity index (χ3n) is 8.13. The summed E-state index contributed by atoms with van der Waals surface area (Å²) in [5, 5.41) is 0.191. The van der Waals surface area contributed by atoms with E-state index in [1.54, 1.807) is 27.9 Å². The van der Waals surface area contributed by atoms with Crippen molar-refractivity contribution in [3.8, 4) is 16.5 Å². The first kappa shape index (κ1) is 34.9. The number of carbonyl (C=O) groups excluding carboxylic acids is 1. The molecule has 1 atom stereocenters. The Labute approximate surface area is 275 Å². The van der Waals surface area contributed by atoms with Gasteiger partial charge in [-0.25, -0.2) is 14.3 Å². The second-order valence-electron chi connectivity index (χ2n) is 11.5. The van der Waals surface area contributed by atoms with E-state index in [9.17, 15) is 18.9 Å². The Hall–Kier alpha value is -3.39. The zero-order valence-corrected chi connectivity index (χ0v) is 29.1. The molecule has 0 spiro atoms. The van der Waals surface area contributed by atoms with Crippen LogP contribution in [0.3, 0.4) is 0 Å². The maximum atomic E-state index is 14.7. The van der Waals surface area contributed by atoms with Crippen LogP contribution in [0.4, 0.5) is 0 Å². The van der Waals surface area contributed by atoms with Crippen molar-refractivity contribution in [2.24, 2.45) is 0 Å². The van der Waals surface area contributed by atoms with E-state index >= 15 is 0 Å². The topological polar surface area (TPSA) is 150 Å². The largest absolute Gasteiger partial charge is 0.496 e. The van der Waals surface area contributed by atoms with Gasteiger partial charge in [-0.05, 0) is 59.1 Å². The molecule has 0 aliphatic carbocycles. The van der Waals surface area contributed by atoms with Gasteiger partial charge in [0, 0.05) is 18.8 Å². The van der Waals surface area contributed by atoms with Gasteiger partial charge in [0.2, 0.25) is 5.89 Å². The fourth-order valence-corrected chi connectivity index (χ4v) is 8.82. The maximum Gasteiger partial charge on any atom is 0.399 e. The molecule has 1 fully saturated rings. The Morgan fingerprint density at radius 3 is 2.45 bits per heavy atom. The SMILES string of the molecule is CCOP(=O)(OCC)C(=O)C(C)(C)n1c(=O)c2c(C)c(-c3ncco3)sc2n(CC(OC2CCOCC2)c2ccccc2OC)c1=O. The van der Waals surface area contributed by atoms with Crippen molar-refractivity contribution in [1.82, 2.24) is 14.1 Å². The molecule has 1 aromatic carbocycles. The molecule has 15 heteroatoms. The number of nitrogens with zero attached hydrogens (tertiary/aromatic N) is 3. The minimum Gasteiger partial charge on any atom is -0.496 e. The van der Waals surface area contributed by atoms with Crippen molar-refractivity contribution < 1.29 is 37.0 Å². The zero-order valence-electron chi connectivity index (χ0n) is 27.3. The van der Waals surface area contributed by atoms with Crippen LogP contribution in [0, 0.1) is 6.92 Å². The van der Waals surface area contributed by atoms with Gasteiger partial charge in [-0.1, -0.05) is 18.2 Å². The fourth-order valence-electron chi connectivity index (χ4n) is 5.82. The third kappa shape index (κ3) is 6.67. The molecule has 1 aliphatic rings. The molecular weight excluding hydrogens is 649 g/mol. The molecule has 13 nitrogen and oxygen atoms in total. The van der Waals surface area contributed by atoms with Crippen LogP contribution in [0.5, 0.6) is 5.75 Å². The molecule has 5 rings (SSSR count). The number of hydrogen-bond donors (Lipinski definition) is 0. The average molecular weight is 690 g/mol. The smallest absolute Gasteiger partial charge is 0.399 e. The number of ether oxygens (including phenoxy) is 3. The van der Waals surface area contributed by atoms with Crippen LogP contribution in [-0.2, 0) is 40.0 Å². The molecular formula is C32H40N3O10PS. The first-order valence-corrected chi connectivity index (χ1v) is 17.8. The Kier molecular flexibility index (Phi) is 10.7. The van der Waals surface area contributed by atoms with Gasteiger partial charge in [0.15, 0.2) is 0 Å². The maximum absolute atomic E-state index is 14.7. The molecule has 0 bridgehead atoms. The van der Waals surface area contributed by atoms with Gasteiger partial charge in [0.05, 0.1) is 49.4 Å². The molecule has 0 N–H and O–H groups in total. The Bertz CT molecular complexity index is 1880. The van der Waals surface area contributed by atoms with Crippen LogP contribution in [0.2, 0.25) is 0 Å². The van der Waals surface area contributed by atoms with Crippen molar-refractivity contribution in [3.05, 3.63) is 68.7 Å². The van der Waals surface area contributed by atoms with E-state index in [1.165, 1.54) is 42.2 Å². The van der Waals surface area contributed by atoms with E-state index in [1.807, 2.05) is 24.3 Å². The van der Waals surface area contributed by atoms with Gasteiger partial charge in [0.1, 0.15) is 28.5 Å². The predicted molar refractivity (Wildman–Crippen MR) is 176 cm³/mol. The number of benzene rings is 1. The standard InChI is InChI=1S/C32H40N3O10PS/c1-7-43-46(39,44-8-2)30(37)32(4,5)35-28(36)25-20(3)26(27-33-15-18-42-27)47-29(25)34(31(35)38)19-24(45-21-13-16-41-17-14-21)22-11-9-10-12-23(22)40-6/h9-12,15,18,21,24H,7-8,13-14,16-17,19H2,1-6H3. The monoisotopic (exact) mass is 689 g/mol. The highest BCUT2D eigenvalue weighted by molar-refractivity contribution is 7.72. The van der Waals surface area contributed by atoms with Gasteiger partial charge >= 0.3 is 13.3 Å². The summed E-state index contributed by atoms with van der Waals surface area (Å²) in [6, 6.07) is 7.37. The predicted octanol–water partition coefficient (Wildman–Crippen LogP) is 5.66. The first-order valence-electron chi connectivity index (χ1n) is 15.5. The lowest BCUT2D eigenvalue weighted by atomic mass is 10.1. The summed E-state index contributed by atoms with van der Waals surface area (Å²) in [5.41, 5.74) is -3.27. The van der Waals surface area contributed by atoms with E-state index in [0.717, 1.165) is 4.57 Å². The third-order valence-corrected chi connectivity index (χ3v) is 11.7. The second kappa shape index (κ2) is 14.4. The van der Waals surface area contributed by atoms with Gasteiger partial charge in [-0.3, -0.25) is 18.7 Å². The Morgan fingerprint density at radius 2 is 1.83 bits per heavy atom. The molecule has 0 radical (unpaired) electrons. The van der Waals surface area contributed by atoms with Gasteiger partial charge in [-0.2, -0.15) is 0 Å². The molecule has 3 aromatic heterocycles. The molecule has 0 amide bonds. The van der Waals surface area contributed by atoms with Crippen molar-refractivity contribution in [2.45, 2.75) is 71.8 Å². The van der Waals surface area contributed by atoms with Gasteiger partial charge < -0.3 is 27.7 Å². The summed E-state index contributed by atoms with van der Waals surface area (Å²) in [7, 11) is -2.83.